The number of anilines is 1. The first-order valence-corrected chi connectivity index (χ1v) is 9.64. The number of ether oxygens (including phenoxy) is 3. The molecule has 0 saturated carbocycles. The predicted molar refractivity (Wildman–Crippen MR) is 115 cm³/mol. The number of nitrogens with one attached hydrogen (secondary N) is 1. The SMILES string of the molecule is COc1cc(NC2=C(c3ccccc3)C(=O)N(CC(C)C)C2=O)cc(OC)c1OC. The van der Waals surface area contributed by atoms with Crippen molar-refractivity contribution in [1.29, 1.82) is 0 Å². The van der Waals surface area contributed by atoms with Gasteiger partial charge in [-0.25, -0.2) is 0 Å². The molecule has 1 heterocycles. The fraction of sp³-hybridized carbons (Fsp3) is 0.304. The Balaban J connectivity index is 2.10. The molecule has 0 bridgehead atoms. The average molecular weight is 410 g/mol. The molecule has 2 aromatic rings. The van der Waals surface area contributed by atoms with Crippen LogP contribution in [0.25, 0.3) is 5.57 Å². The van der Waals surface area contributed by atoms with E-state index in [-0.39, 0.29) is 23.4 Å². The van der Waals surface area contributed by atoms with E-state index in [0.717, 1.165) is 0 Å². The van der Waals surface area contributed by atoms with Crippen molar-refractivity contribution in [3.05, 3.63) is 53.7 Å². The minimum atomic E-state index is -0.360. The highest BCUT2D eigenvalue weighted by atomic mass is 16.5. The van der Waals surface area contributed by atoms with E-state index in [1.165, 1.54) is 26.2 Å². The molecule has 0 spiro atoms. The number of benzene rings is 2. The molecule has 3 rings (SSSR count). The molecule has 7 nitrogen and oxygen atoms in total. The Morgan fingerprint density at radius 3 is 2.00 bits per heavy atom. The maximum Gasteiger partial charge on any atom is 0.278 e. The van der Waals surface area contributed by atoms with Crippen molar-refractivity contribution < 1.29 is 23.8 Å². The zero-order valence-electron chi connectivity index (χ0n) is 17.8. The van der Waals surface area contributed by atoms with Gasteiger partial charge in [0, 0.05) is 24.4 Å². The average Bonchev–Trinajstić information content (AvgIpc) is 2.97. The van der Waals surface area contributed by atoms with Crippen LogP contribution in [0.5, 0.6) is 17.2 Å². The molecule has 1 aliphatic rings. The summed E-state index contributed by atoms with van der Waals surface area (Å²) >= 11 is 0. The second-order valence-electron chi connectivity index (χ2n) is 7.27. The summed E-state index contributed by atoms with van der Waals surface area (Å²) in [6, 6.07) is 12.6. The molecule has 30 heavy (non-hydrogen) atoms. The van der Waals surface area contributed by atoms with Crippen LogP contribution in [0.1, 0.15) is 19.4 Å². The number of amides is 2. The zero-order valence-corrected chi connectivity index (χ0v) is 17.8. The second kappa shape index (κ2) is 8.90. The van der Waals surface area contributed by atoms with E-state index < -0.39 is 0 Å². The van der Waals surface area contributed by atoms with Crippen LogP contribution in [0, 0.1) is 5.92 Å². The summed E-state index contributed by atoms with van der Waals surface area (Å²) in [7, 11) is 4.56. The van der Waals surface area contributed by atoms with Gasteiger partial charge in [0.1, 0.15) is 5.70 Å². The van der Waals surface area contributed by atoms with Gasteiger partial charge in [0.25, 0.3) is 11.8 Å². The number of nitrogens with zero attached hydrogens (tertiary/aromatic N) is 1. The summed E-state index contributed by atoms with van der Waals surface area (Å²) in [4.78, 5) is 27.6. The molecule has 0 aromatic heterocycles. The Kier molecular flexibility index (Phi) is 6.30. The standard InChI is InChI=1S/C23H26N2O5/c1-14(2)13-25-22(26)19(15-9-7-6-8-10-15)20(23(25)27)24-16-11-17(28-3)21(30-5)18(12-16)29-4/h6-12,14,24H,13H2,1-5H3. The summed E-state index contributed by atoms with van der Waals surface area (Å²) in [5.74, 6) is 0.804. The third kappa shape index (κ3) is 3.96. The number of carbonyl (C=O) groups excluding carboxylic acids is 2. The first kappa shape index (κ1) is 21.2. The van der Waals surface area contributed by atoms with E-state index in [1.807, 2.05) is 44.2 Å². The van der Waals surface area contributed by atoms with Gasteiger partial charge in [-0.15, -0.1) is 0 Å². The maximum absolute atomic E-state index is 13.2. The number of carbonyl (C=O) groups is 2. The first-order valence-electron chi connectivity index (χ1n) is 9.64. The van der Waals surface area contributed by atoms with Crippen molar-refractivity contribution >= 4 is 23.1 Å². The van der Waals surface area contributed by atoms with Crippen molar-refractivity contribution in [3.63, 3.8) is 0 Å². The first-order chi connectivity index (χ1) is 14.4. The highest BCUT2D eigenvalue weighted by Crippen LogP contribution is 2.41. The number of imide groups is 1. The molecule has 0 fully saturated rings. The smallest absolute Gasteiger partial charge is 0.278 e. The summed E-state index contributed by atoms with van der Waals surface area (Å²) in [6.45, 7) is 4.27. The van der Waals surface area contributed by atoms with Gasteiger partial charge in [-0.1, -0.05) is 44.2 Å². The predicted octanol–water partition coefficient (Wildman–Crippen LogP) is 3.56. The van der Waals surface area contributed by atoms with Crippen LogP contribution < -0.4 is 19.5 Å². The summed E-state index contributed by atoms with van der Waals surface area (Å²) in [6.07, 6.45) is 0. The van der Waals surface area contributed by atoms with Crippen LogP contribution >= 0.6 is 0 Å². The van der Waals surface area contributed by atoms with Gasteiger partial charge in [0.05, 0.1) is 26.9 Å². The van der Waals surface area contributed by atoms with Crippen LogP contribution in [-0.2, 0) is 9.59 Å². The third-order valence-corrected chi connectivity index (χ3v) is 4.71. The molecule has 0 radical (unpaired) electrons. The van der Waals surface area contributed by atoms with E-state index in [9.17, 15) is 9.59 Å². The molecule has 0 saturated heterocycles. The van der Waals surface area contributed by atoms with E-state index in [0.29, 0.717) is 40.6 Å². The molecule has 2 amide bonds. The highest BCUT2D eigenvalue weighted by Gasteiger charge is 2.39. The fourth-order valence-electron chi connectivity index (χ4n) is 3.39. The van der Waals surface area contributed by atoms with Crippen molar-refractivity contribution in [2.45, 2.75) is 13.8 Å². The maximum atomic E-state index is 13.2. The number of hydrogen-bond donors (Lipinski definition) is 1. The van der Waals surface area contributed by atoms with Gasteiger partial charge in [-0.05, 0) is 11.5 Å². The van der Waals surface area contributed by atoms with Crippen LogP contribution in [0.3, 0.4) is 0 Å². The lowest BCUT2D eigenvalue weighted by Gasteiger charge is -2.18. The van der Waals surface area contributed by atoms with Gasteiger partial charge < -0.3 is 19.5 Å². The summed E-state index contributed by atoms with van der Waals surface area (Å²) < 4.78 is 16.1. The van der Waals surface area contributed by atoms with Gasteiger partial charge in [-0.2, -0.15) is 0 Å². The van der Waals surface area contributed by atoms with E-state index >= 15 is 0 Å². The Hall–Kier alpha value is -3.48. The van der Waals surface area contributed by atoms with Gasteiger partial charge in [-0.3, -0.25) is 14.5 Å². The lowest BCUT2D eigenvalue weighted by molar-refractivity contribution is -0.137. The van der Waals surface area contributed by atoms with Crippen molar-refractivity contribution in [2.24, 2.45) is 5.92 Å². The molecule has 1 aliphatic heterocycles. The van der Waals surface area contributed by atoms with Gasteiger partial charge >= 0.3 is 0 Å². The van der Waals surface area contributed by atoms with Gasteiger partial charge in [0.15, 0.2) is 11.5 Å². The Morgan fingerprint density at radius 1 is 0.900 bits per heavy atom. The molecule has 0 aliphatic carbocycles. The molecule has 0 unspecified atom stereocenters. The lowest BCUT2D eigenvalue weighted by Crippen LogP contribution is -2.35. The molecule has 1 N–H and O–H groups in total. The lowest BCUT2D eigenvalue weighted by atomic mass is 10.0. The number of methoxy groups -OCH3 is 3. The highest BCUT2D eigenvalue weighted by molar-refractivity contribution is 6.36. The Bertz CT molecular complexity index is 957. The van der Waals surface area contributed by atoms with Crippen LogP contribution in [-0.4, -0.2) is 44.6 Å². The minimum Gasteiger partial charge on any atom is -0.493 e. The van der Waals surface area contributed by atoms with Crippen molar-refractivity contribution in [3.8, 4) is 17.2 Å². The van der Waals surface area contributed by atoms with Crippen molar-refractivity contribution in [2.75, 3.05) is 33.2 Å². The molecular weight excluding hydrogens is 384 g/mol. The molecule has 7 heteroatoms. The molecule has 0 atom stereocenters. The normalized spacial score (nSPS) is 13.9. The summed E-state index contributed by atoms with van der Waals surface area (Å²) in [5.41, 5.74) is 1.79. The van der Waals surface area contributed by atoms with Crippen molar-refractivity contribution in [1.82, 2.24) is 4.90 Å². The zero-order chi connectivity index (χ0) is 21.8. The summed E-state index contributed by atoms with van der Waals surface area (Å²) in [5, 5.41) is 3.13. The van der Waals surface area contributed by atoms with E-state index in [4.69, 9.17) is 14.2 Å². The molecule has 2 aromatic carbocycles. The van der Waals surface area contributed by atoms with E-state index in [2.05, 4.69) is 5.32 Å². The van der Waals surface area contributed by atoms with Crippen LogP contribution in [0.2, 0.25) is 0 Å². The fourth-order valence-corrected chi connectivity index (χ4v) is 3.39. The van der Waals surface area contributed by atoms with Gasteiger partial charge in [0.2, 0.25) is 5.75 Å². The quantitative estimate of drug-likeness (QED) is 0.671. The number of rotatable bonds is 8. The van der Waals surface area contributed by atoms with Crippen LogP contribution in [0.4, 0.5) is 5.69 Å². The monoisotopic (exact) mass is 410 g/mol. The Labute approximate surface area is 176 Å². The molecule has 158 valence electrons. The second-order valence-corrected chi connectivity index (χ2v) is 7.27. The van der Waals surface area contributed by atoms with E-state index in [1.54, 1.807) is 12.1 Å². The number of hydrogen-bond acceptors (Lipinski definition) is 6. The molecular formula is C23H26N2O5. The topological polar surface area (TPSA) is 77.1 Å². The minimum absolute atomic E-state index is 0.149. The Morgan fingerprint density at radius 2 is 1.50 bits per heavy atom. The largest absolute Gasteiger partial charge is 0.493 e. The van der Waals surface area contributed by atoms with Crippen LogP contribution in [0.15, 0.2) is 48.2 Å². The third-order valence-electron chi connectivity index (χ3n) is 4.71.